The molecule has 17 heavy (non-hydrogen) atoms. The molecular weight excluding hydrogens is 260 g/mol. The Bertz CT molecular complexity index is 574. The molecule has 0 amide bonds. The van der Waals surface area contributed by atoms with E-state index in [2.05, 4.69) is 4.98 Å². The van der Waals surface area contributed by atoms with Crippen LogP contribution >= 0.6 is 22.9 Å². The molecule has 0 saturated heterocycles. The maximum atomic E-state index is 11.8. The molecule has 2 heterocycles. The standard InChI is InChI=1S/C11H9ClN2O2S/c1-14-5-4-13-11(14)8(16)6-7(15)9-2-3-10(12)17-9/h2-5H,6H2,1H3. The first kappa shape index (κ1) is 12.0. The summed E-state index contributed by atoms with van der Waals surface area (Å²) in [5.74, 6) is -0.220. The van der Waals surface area contributed by atoms with Crippen LogP contribution in [0.25, 0.3) is 0 Å². The third-order valence-corrected chi connectivity index (χ3v) is 3.51. The molecule has 0 N–H and O–H groups in total. The molecule has 0 aliphatic carbocycles. The van der Waals surface area contributed by atoms with Crippen molar-refractivity contribution in [3.63, 3.8) is 0 Å². The highest BCUT2D eigenvalue weighted by Crippen LogP contribution is 2.22. The number of imidazole rings is 1. The summed E-state index contributed by atoms with van der Waals surface area (Å²) in [6.45, 7) is 0. The van der Waals surface area contributed by atoms with Gasteiger partial charge < -0.3 is 4.57 Å². The quantitative estimate of drug-likeness (QED) is 0.633. The fraction of sp³-hybridized carbons (Fsp3) is 0.182. The van der Waals surface area contributed by atoms with Crippen LogP contribution in [0.4, 0.5) is 0 Å². The smallest absolute Gasteiger partial charge is 0.206 e. The second-order valence-corrected chi connectivity index (χ2v) is 5.20. The van der Waals surface area contributed by atoms with Crippen molar-refractivity contribution in [3.8, 4) is 0 Å². The van der Waals surface area contributed by atoms with E-state index in [1.54, 1.807) is 29.9 Å². The summed E-state index contributed by atoms with van der Waals surface area (Å²) in [5, 5.41) is 0. The van der Waals surface area contributed by atoms with Crippen LogP contribution in [0, 0.1) is 0 Å². The number of carbonyl (C=O) groups is 2. The minimum absolute atomic E-state index is 0.179. The van der Waals surface area contributed by atoms with Crippen LogP contribution in [0.1, 0.15) is 26.7 Å². The van der Waals surface area contributed by atoms with Crippen molar-refractivity contribution >= 4 is 34.5 Å². The highest BCUT2D eigenvalue weighted by molar-refractivity contribution is 7.18. The average molecular weight is 269 g/mol. The number of rotatable bonds is 4. The number of ketones is 2. The zero-order chi connectivity index (χ0) is 12.4. The van der Waals surface area contributed by atoms with Crippen molar-refractivity contribution < 1.29 is 9.59 Å². The van der Waals surface area contributed by atoms with Crippen molar-refractivity contribution in [3.05, 3.63) is 39.6 Å². The van der Waals surface area contributed by atoms with Gasteiger partial charge in [-0.25, -0.2) is 4.98 Å². The van der Waals surface area contributed by atoms with Crippen LogP contribution in [-0.4, -0.2) is 21.1 Å². The predicted octanol–water partition coefficient (Wildman–Crippen LogP) is 2.59. The van der Waals surface area contributed by atoms with Crippen molar-refractivity contribution in [2.75, 3.05) is 0 Å². The molecule has 0 bridgehead atoms. The molecule has 4 nitrogen and oxygen atoms in total. The van der Waals surface area contributed by atoms with Gasteiger partial charge in [0, 0.05) is 19.4 Å². The molecule has 88 valence electrons. The summed E-state index contributed by atoms with van der Waals surface area (Å²) in [4.78, 5) is 28.0. The van der Waals surface area contributed by atoms with E-state index in [1.165, 1.54) is 17.5 Å². The molecule has 6 heteroatoms. The van der Waals surface area contributed by atoms with Crippen molar-refractivity contribution in [1.82, 2.24) is 9.55 Å². The van der Waals surface area contributed by atoms with Gasteiger partial charge in [-0.2, -0.15) is 0 Å². The maximum absolute atomic E-state index is 11.8. The van der Waals surface area contributed by atoms with E-state index >= 15 is 0 Å². The van der Waals surface area contributed by atoms with E-state index in [1.807, 2.05) is 0 Å². The van der Waals surface area contributed by atoms with Crippen molar-refractivity contribution in [2.45, 2.75) is 6.42 Å². The highest BCUT2D eigenvalue weighted by Gasteiger charge is 2.17. The number of hydrogen-bond donors (Lipinski definition) is 0. The minimum Gasteiger partial charge on any atom is -0.332 e. The van der Waals surface area contributed by atoms with Crippen LogP contribution in [0.15, 0.2) is 24.5 Å². The number of aryl methyl sites for hydroxylation is 1. The van der Waals surface area contributed by atoms with Crippen LogP contribution in [0.5, 0.6) is 0 Å². The molecule has 2 aromatic heterocycles. The minimum atomic E-state index is -0.285. The number of hydrogen-bond acceptors (Lipinski definition) is 4. The van der Waals surface area contributed by atoms with Gasteiger partial charge in [-0.1, -0.05) is 11.6 Å². The molecule has 0 fully saturated rings. The fourth-order valence-corrected chi connectivity index (χ4v) is 2.39. The lowest BCUT2D eigenvalue weighted by molar-refractivity contribution is 0.0889. The van der Waals surface area contributed by atoms with Crippen LogP contribution in [-0.2, 0) is 7.05 Å². The Morgan fingerprint density at radius 3 is 2.71 bits per heavy atom. The van der Waals surface area contributed by atoms with E-state index in [0.29, 0.717) is 15.0 Å². The number of thiophene rings is 1. The van der Waals surface area contributed by atoms with Gasteiger partial charge in [-0.3, -0.25) is 9.59 Å². The Labute approximate surface area is 107 Å². The average Bonchev–Trinajstić information content (AvgIpc) is 2.86. The molecular formula is C11H9ClN2O2S. The first-order valence-corrected chi connectivity index (χ1v) is 6.06. The number of nitrogens with zero attached hydrogens (tertiary/aromatic N) is 2. The van der Waals surface area contributed by atoms with Gasteiger partial charge in [0.15, 0.2) is 11.6 Å². The van der Waals surface area contributed by atoms with Gasteiger partial charge in [-0.05, 0) is 12.1 Å². The number of Topliss-reactive ketones (excluding diaryl/α,β-unsaturated/α-hetero) is 2. The Balaban J connectivity index is 2.10. The Hall–Kier alpha value is -1.46. The monoisotopic (exact) mass is 268 g/mol. The third-order valence-electron chi connectivity index (χ3n) is 2.24. The zero-order valence-electron chi connectivity index (χ0n) is 9.01. The second-order valence-electron chi connectivity index (χ2n) is 3.49. The molecule has 2 aromatic rings. The molecule has 2 rings (SSSR count). The summed E-state index contributed by atoms with van der Waals surface area (Å²) in [6.07, 6.45) is 3.02. The van der Waals surface area contributed by atoms with Gasteiger partial charge in [0.1, 0.15) is 0 Å². The largest absolute Gasteiger partial charge is 0.332 e. The lowest BCUT2D eigenvalue weighted by atomic mass is 10.1. The summed E-state index contributed by atoms with van der Waals surface area (Å²) in [5.41, 5.74) is 0. The molecule has 0 spiro atoms. The van der Waals surface area contributed by atoms with Crippen LogP contribution in [0.2, 0.25) is 4.34 Å². The number of carbonyl (C=O) groups excluding carboxylic acids is 2. The second kappa shape index (κ2) is 4.81. The topological polar surface area (TPSA) is 52.0 Å². The molecule has 0 saturated carbocycles. The van der Waals surface area contributed by atoms with Gasteiger partial charge in [0.2, 0.25) is 5.78 Å². The Morgan fingerprint density at radius 1 is 1.41 bits per heavy atom. The number of halogens is 1. The SMILES string of the molecule is Cn1ccnc1C(=O)CC(=O)c1ccc(Cl)s1. The van der Waals surface area contributed by atoms with E-state index in [-0.39, 0.29) is 18.0 Å². The summed E-state index contributed by atoms with van der Waals surface area (Å²) in [7, 11) is 1.71. The highest BCUT2D eigenvalue weighted by atomic mass is 35.5. The van der Waals surface area contributed by atoms with Crippen molar-refractivity contribution in [2.24, 2.45) is 7.05 Å². The molecule has 0 aliphatic heterocycles. The normalized spacial score (nSPS) is 10.5. The Kier molecular flexibility index (Phi) is 3.40. The van der Waals surface area contributed by atoms with Gasteiger partial charge in [-0.15, -0.1) is 11.3 Å². The fourth-order valence-electron chi connectivity index (χ4n) is 1.41. The third kappa shape index (κ3) is 2.62. The molecule has 0 aromatic carbocycles. The number of aromatic nitrogens is 2. The molecule has 0 atom stereocenters. The lowest BCUT2D eigenvalue weighted by Gasteiger charge is -1.99. The molecule has 0 unspecified atom stereocenters. The maximum Gasteiger partial charge on any atom is 0.206 e. The van der Waals surface area contributed by atoms with E-state index in [9.17, 15) is 9.59 Å². The lowest BCUT2D eigenvalue weighted by Crippen LogP contribution is -2.12. The first-order chi connectivity index (χ1) is 8.08. The van der Waals surface area contributed by atoms with Gasteiger partial charge >= 0.3 is 0 Å². The van der Waals surface area contributed by atoms with Crippen LogP contribution in [0.3, 0.4) is 0 Å². The predicted molar refractivity (Wildman–Crippen MR) is 65.8 cm³/mol. The summed E-state index contributed by atoms with van der Waals surface area (Å²) in [6, 6.07) is 3.27. The molecule has 0 aliphatic rings. The van der Waals surface area contributed by atoms with E-state index < -0.39 is 0 Å². The van der Waals surface area contributed by atoms with E-state index in [4.69, 9.17) is 11.6 Å². The first-order valence-electron chi connectivity index (χ1n) is 4.87. The summed E-state index contributed by atoms with van der Waals surface area (Å²) >= 11 is 6.91. The van der Waals surface area contributed by atoms with Crippen molar-refractivity contribution in [1.29, 1.82) is 0 Å². The van der Waals surface area contributed by atoms with Crippen LogP contribution < -0.4 is 0 Å². The molecule has 0 radical (unpaired) electrons. The Morgan fingerprint density at radius 2 is 2.18 bits per heavy atom. The van der Waals surface area contributed by atoms with Gasteiger partial charge in [0.25, 0.3) is 0 Å². The zero-order valence-corrected chi connectivity index (χ0v) is 10.6. The van der Waals surface area contributed by atoms with E-state index in [0.717, 1.165) is 0 Å². The summed E-state index contributed by atoms with van der Waals surface area (Å²) < 4.78 is 2.13. The van der Waals surface area contributed by atoms with Gasteiger partial charge in [0.05, 0.1) is 15.6 Å².